The molecule has 0 N–H and O–H groups in total. The summed E-state index contributed by atoms with van der Waals surface area (Å²) < 4.78 is 0. The van der Waals surface area contributed by atoms with Crippen molar-refractivity contribution in [2.24, 2.45) is 5.41 Å². The van der Waals surface area contributed by atoms with Gasteiger partial charge < -0.3 is 4.90 Å². The van der Waals surface area contributed by atoms with Crippen LogP contribution >= 0.6 is 0 Å². The monoisotopic (exact) mass is 401 g/mol. The highest BCUT2D eigenvalue weighted by atomic mass is 15.2. The highest BCUT2D eigenvalue weighted by Gasteiger charge is 2.21. The zero-order valence-electron chi connectivity index (χ0n) is 20.2. The fraction of sp³-hybridized carbons (Fsp3) is 0.345. The zero-order chi connectivity index (χ0) is 22.6. The van der Waals surface area contributed by atoms with E-state index in [4.69, 9.17) is 0 Å². The Morgan fingerprint density at radius 1 is 1.00 bits per heavy atom. The van der Waals surface area contributed by atoms with Crippen LogP contribution in [0.2, 0.25) is 0 Å². The highest BCUT2D eigenvalue weighted by Crippen LogP contribution is 2.32. The van der Waals surface area contributed by atoms with Crippen LogP contribution in [0.25, 0.3) is 0 Å². The van der Waals surface area contributed by atoms with Gasteiger partial charge in [0.2, 0.25) is 0 Å². The molecule has 0 fully saturated rings. The van der Waals surface area contributed by atoms with Gasteiger partial charge in [0.1, 0.15) is 0 Å². The molecule has 0 aliphatic heterocycles. The number of hydrogen-bond acceptors (Lipinski definition) is 1. The predicted octanol–water partition coefficient (Wildman–Crippen LogP) is 8.72. The topological polar surface area (TPSA) is 3.24 Å². The molecule has 0 aromatic rings. The number of hydrogen-bond donors (Lipinski definition) is 0. The van der Waals surface area contributed by atoms with E-state index in [1.54, 1.807) is 0 Å². The standard InChI is InChI=1S/C27H33N.C2H6/c1-7-9-13-24(14-10-8-2)28(25-15-11-12-22(3)16-18-25)26-19-17-23(4)20-27(5,6)21-26;1-2/h7,9-10,12-21H,8H2,1-6H3;1-2H3/b9-7-,14-10-,24-13+;. The molecule has 2 aliphatic carbocycles. The van der Waals surface area contributed by atoms with Crippen molar-refractivity contribution in [3.05, 3.63) is 113 Å². The minimum atomic E-state index is -0.0298. The van der Waals surface area contributed by atoms with Crippen molar-refractivity contribution in [3.63, 3.8) is 0 Å². The van der Waals surface area contributed by atoms with E-state index in [0.29, 0.717) is 0 Å². The van der Waals surface area contributed by atoms with Crippen molar-refractivity contribution >= 4 is 0 Å². The summed E-state index contributed by atoms with van der Waals surface area (Å²) in [6, 6.07) is 0. The Hall–Kier alpha value is -2.76. The van der Waals surface area contributed by atoms with Gasteiger partial charge in [-0.2, -0.15) is 0 Å². The number of allylic oxidation sites excluding steroid dienone is 14. The molecule has 1 heteroatoms. The average Bonchev–Trinajstić information content (AvgIpc) is 3.00. The molecule has 0 unspecified atom stereocenters. The first-order chi connectivity index (χ1) is 14.4. The van der Waals surface area contributed by atoms with Crippen LogP contribution in [0.15, 0.2) is 113 Å². The molecule has 0 saturated heterocycles. The summed E-state index contributed by atoms with van der Waals surface area (Å²) in [6.07, 6.45) is 29.2. The van der Waals surface area contributed by atoms with Crippen LogP contribution in [0, 0.1) is 5.41 Å². The van der Waals surface area contributed by atoms with Crippen molar-refractivity contribution in [1.29, 1.82) is 0 Å². The third kappa shape index (κ3) is 7.93. The lowest BCUT2D eigenvalue weighted by Crippen LogP contribution is -2.21. The molecule has 0 bridgehead atoms. The molecule has 0 atom stereocenters. The van der Waals surface area contributed by atoms with Gasteiger partial charge >= 0.3 is 0 Å². The van der Waals surface area contributed by atoms with Gasteiger partial charge in [-0.25, -0.2) is 0 Å². The predicted molar refractivity (Wildman–Crippen MR) is 135 cm³/mol. The second-order valence-electron chi connectivity index (χ2n) is 7.83. The van der Waals surface area contributed by atoms with Gasteiger partial charge in [0.05, 0.1) is 5.70 Å². The Morgan fingerprint density at radius 2 is 1.73 bits per heavy atom. The Kier molecular flexibility index (Phi) is 10.7. The van der Waals surface area contributed by atoms with Gasteiger partial charge in [-0.1, -0.05) is 82.7 Å². The van der Waals surface area contributed by atoms with Crippen LogP contribution in [0.4, 0.5) is 0 Å². The Balaban J connectivity index is 0.00000218. The summed E-state index contributed by atoms with van der Waals surface area (Å²) in [6.45, 7) is 17.0. The molecule has 0 aromatic heterocycles. The van der Waals surface area contributed by atoms with Crippen LogP contribution in [0.5, 0.6) is 0 Å². The summed E-state index contributed by atoms with van der Waals surface area (Å²) in [5.74, 6) is 0. The van der Waals surface area contributed by atoms with E-state index in [2.05, 4.69) is 118 Å². The van der Waals surface area contributed by atoms with Gasteiger partial charge in [-0.3, -0.25) is 0 Å². The van der Waals surface area contributed by atoms with Gasteiger partial charge in [-0.15, -0.1) is 5.73 Å². The first-order valence-electron chi connectivity index (χ1n) is 11.1. The molecule has 160 valence electrons. The maximum absolute atomic E-state index is 3.32. The average molecular weight is 402 g/mol. The Labute approximate surface area is 185 Å². The molecule has 30 heavy (non-hydrogen) atoms. The molecule has 0 radical (unpaired) electrons. The lowest BCUT2D eigenvalue weighted by molar-refractivity contribution is 0.544. The smallest absolute Gasteiger partial charge is 0.0538 e. The van der Waals surface area contributed by atoms with Gasteiger partial charge in [0.15, 0.2) is 0 Å². The molecule has 0 spiro atoms. The van der Waals surface area contributed by atoms with Gasteiger partial charge in [0, 0.05) is 22.9 Å². The minimum absolute atomic E-state index is 0.0298. The van der Waals surface area contributed by atoms with Crippen molar-refractivity contribution in [1.82, 2.24) is 4.90 Å². The summed E-state index contributed by atoms with van der Waals surface area (Å²) in [7, 11) is 0. The van der Waals surface area contributed by atoms with Crippen molar-refractivity contribution in [3.8, 4) is 0 Å². The van der Waals surface area contributed by atoms with E-state index < -0.39 is 0 Å². The molecular formula is C29H39N. The van der Waals surface area contributed by atoms with Crippen LogP contribution in [0.1, 0.15) is 61.8 Å². The normalized spacial score (nSPS) is 18.2. The van der Waals surface area contributed by atoms with E-state index in [-0.39, 0.29) is 5.41 Å². The second kappa shape index (κ2) is 12.7. The van der Waals surface area contributed by atoms with Crippen LogP contribution in [-0.4, -0.2) is 4.90 Å². The van der Waals surface area contributed by atoms with Crippen molar-refractivity contribution in [2.75, 3.05) is 0 Å². The highest BCUT2D eigenvalue weighted by molar-refractivity contribution is 5.45. The summed E-state index contributed by atoms with van der Waals surface area (Å²) in [5.41, 5.74) is 9.14. The second-order valence-corrected chi connectivity index (χ2v) is 7.83. The van der Waals surface area contributed by atoms with Crippen molar-refractivity contribution in [2.45, 2.75) is 61.8 Å². The quantitative estimate of drug-likeness (QED) is 0.318. The number of nitrogens with zero attached hydrogens (tertiary/aromatic N) is 1. The summed E-state index contributed by atoms with van der Waals surface area (Å²) in [5, 5.41) is 0. The molecule has 2 rings (SSSR count). The van der Waals surface area contributed by atoms with E-state index >= 15 is 0 Å². The summed E-state index contributed by atoms with van der Waals surface area (Å²) in [4.78, 5) is 2.31. The number of rotatable bonds is 6. The van der Waals surface area contributed by atoms with Crippen LogP contribution < -0.4 is 0 Å². The maximum Gasteiger partial charge on any atom is 0.0538 e. The molecule has 0 aromatic carbocycles. The maximum atomic E-state index is 3.32. The molecule has 0 saturated carbocycles. The van der Waals surface area contributed by atoms with Gasteiger partial charge in [-0.05, 0) is 63.1 Å². The van der Waals surface area contributed by atoms with Crippen molar-refractivity contribution < 1.29 is 0 Å². The van der Waals surface area contributed by atoms with Gasteiger partial charge in [0.25, 0.3) is 0 Å². The SMILES string of the molecule is CC.C\C=C/C=C(\C=C/CC)N(C1=CC=C(C)C=C=C1)C1=CC(C)(C)C=C(C)C=C1. The van der Waals surface area contributed by atoms with E-state index in [9.17, 15) is 0 Å². The molecule has 0 amide bonds. The van der Waals surface area contributed by atoms with E-state index in [1.807, 2.05) is 26.8 Å². The third-order valence-corrected chi connectivity index (χ3v) is 4.45. The largest absolute Gasteiger partial charge is 0.310 e. The summed E-state index contributed by atoms with van der Waals surface area (Å²) >= 11 is 0. The molecule has 0 heterocycles. The molecule has 1 nitrogen and oxygen atoms in total. The third-order valence-electron chi connectivity index (χ3n) is 4.45. The molecule has 2 aliphatic rings. The van der Waals surface area contributed by atoms with E-state index in [1.165, 1.54) is 11.1 Å². The minimum Gasteiger partial charge on any atom is -0.310 e. The fourth-order valence-corrected chi connectivity index (χ4v) is 3.26. The first-order valence-corrected chi connectivity index (χ1v) is 11.1. The lowest BCUT2D eigenvalue weighted by Gasteiger charge is -2.29. The first kappa shape index (κ1) is 25.3. The van der Waals surface area contributed by atoms with Crippen LogP contribution in [-0.2, 0) is 0 Å². The van der Waals surface area contributed by atoms with Crippen LogP contribution in [0.3, 0.4) is 0 Å². The Bertz CT molecular complexity index is 883. The zero-order valence-corrected chi connectivity index (χ0v) is 20.2. The van der Waals surface area contributed by atoms with E-state index in [0.717, 1.165) is 23.5 Å². The lowest BCUT2D eigenvalue weighted by atomic mass is 9.91. The Morgan fingerprint density at radius 3 is 2.40 bits per heavy atom. The molecular weight excluding hydrogens is 362 g/mol. The fourth-order valence-electron chi connectivity index (χ4n) is 3.26.